The Bertz CT molecular complexity index is 1110. The second kappa shape index (κ2) is 8.33. The maximum absolute atomic E-state index is 13.2. The molecule has 1 aliphatic rings. The van der Waals surface area contributed by atoms with Crippen LogP contribution in [0, 0.1) is 0 Å². The highest BCUT2D eigenvalue weighted by molar-refractivity contribution is 8.19. The van der Waals surface area contributed by atoms with Crippen molar-refractivity contribution in [1.82, 2.24) is 0 Å². The number of benzene rings is 3. The molecule has 1 aliphatic heterocycles. The Balaban J connectivity index is 1.78. The van der Waals surface area contributed by atoms with Gasteiger partial charge in [0.25, 0.3) is 5.91 Å². The number of halogens is 2. The lowest BCUT2D eigenvalue weighted by molar-refractivity contribution is -0.113. The summed E-state index contributed by atoms with van der Waals surface area (Å²) in [7, 11) is 0. The Hall–Kier alpha value is -2.73. The number of amidine groups is 1. The quantitative estimate of drug-likeness (QED) is 0.472. The number of anilines is 1. The highest BCUT2D eigenvalue weighted by Gasteiger charge is 2.34. The topological polar surface area (TPSA) is 52.9 Å². The molecule has 0 radical (unpaired) electrons. The normalized spacial score (nSPS) is 16.8. The summed E-state index contributed by atoms with van der Waals surface area (Å²) in [5.41, 5.74) is 2.09. The Morgan fingerprint density at radius 1 is 0.931 bits per heavy atom. The minimum atomic E-state index is -0.198. The van der Waals surface area contributed by atoms with Crippen molar-refractivity contribution in [2.75, 3.05) is 4.90 Å². The zero-order chi connectivity index (χ0) is 20.4. The van der Waals surface area contributed by atoms with E-state index in [4.69, 9.17) is 23.2 Å². The highest BCUT2D eigenvalue weighted by atomic mass is 35.5. The fraction of sp³-hybridized carbons (Fsp3) is 0. The van der Waals surface area contributed by atoms with Crippen LogP contribution in [0.4, 0.5) is 11.4 Å². The van der Waals surface area contributed by atoms with Crippen LogP contribution >= 0.6 is 35.0 Å². The first-order valence-corrected chi connectivity index (χ1v) is 10.2. The predicted octanol–water partition coefficient (Wildman–Crippen LogP) is 6.51. The number of aromatic hydroxyl groups is 1. The number of thioether (sulfide) groups is 1. The van der Waals surface area contributed by atoms with Crippen molar-refractivity contribution in [3.05, 3.63) is 93.3 Å². The Kier molecular flexibility index (Phi) is 5.62. The molecule has 7 heteroatoms. The van der Waals surface area contributed by atoms with Crippen molar-refractivity contribution in [2.45, 2.75) is 0 Å². The van der Waals surface area contributed by atoms with Crippen LogP contribution < -0.4 is 4.90 Å². The third-order valence-electron chi connectivity index (χ3n) is 4.14. The van der Waals surface area contributed by atoms with E-state index in [1.165, 1.54) is 11.8 Å². The van der Waals surface area contributed by atoms with Crippen molar-refractivity contribution in [3.63, 3.8) is 0 Å². The van der Waals surface area contributed by atoms with Gasteiger partial charge in [0.05, 0.1) is 26.3 Å². The van der Waals surface area contributed by atoms with E-state index in [1.54, 1.807) is 23.1 Å². The molecule has 144 valence electrons. The van der Waals surface area contributed by atoms with Crippen LogP contribution in [0.2, 0.25) is 10.0 Å². The maximum atomic E-state index is 13.2. The number of hydrogen-bond donors (Lipinski definition) is 1. The number of amides is 1. The molecule has 1 amide bonds. The summed E-state index contributed by atoms with van der Waals surface area (Å²) in [6.07, 6.45) is 1.69. The number of carbonyl (C=O) groups excluding carboxylic acids is 1. The van der Waals surface area contributed by atoms with Gasteiger partial charge in [-0.05, 0) is 59.8 Å². The summed E-state index contributed by atoms with van der Waals surface area (Å²) in [4.78, 5) is 19.9. The summed E-state index contributed by atoms with van der Waals surface area (Å²) < 4.78 is 0. The zero-order valence-electron chi connectivity index (χ0n) is 14.9. The molecule has 0 atom stereocenters. The zero-order valence-corrected chi connectivity index (χ0v) is 17.2. The van der Waals surface area contributed by atoms with Crippen molar-refractivity contribution >= 4 is 63.5 Å². The summed E-state index contributed by atoms with van der Waals surface area (Å²) in [6.45, 7) is 0. The van der Waals surface area contributed by atoms with Crippen LogP contribution in [-0.4, -0.2) is 16.2 Å². The second-order valence-corrected chi connectivity index (χ2v) is 7.97. The van der Waals surface area contributed by atoms with Gasteiger partial charge in [0.2, 0.25) is 0 Å². The Morgan fingerprint density at radius 3 is 2.14 bits per heavy atom. The molecular weight excluding hydrogens is 427 g/mol. The molecule has 1 N–H and O–H groups in total. The van der Waals surface area contributed by atoms with Gasteiger partial charge in [-0.1, -0.05) is 59.6 Å². The number of nitrogens with zero attached hydrogens (tertiary/aromatic N) is 2. The molecule has 0 aromatic heterocycles. The molecule has 29 heavy (non-hydrogen) atoms. The summed E-state index contributed by atoms with van der Waals surface area (Å²) in [5, 5.41) is 10.6. The number of rotatable bonds is 3. The summed E-state index contributed by atoms with van der Waals surface area (Å²) >= 11 is 13.3. The first kappa shape index (κ1) is 19.6. The van der Waals surface area contributed by atoms with Gasteiger partial charge in [0.1, 0.15) is 0 Å². The molecule has 0 spiro atoms. The molecule has 0 bridgehead atoms. The van der Waals surface area contributed by atoms with Crippen LogP contribution in [0.25, 0.3) is 6.08 Å². The van der Waals surface area contributed by atoms with E-state index in [9.17, 15) is 9.90 Å². The van der Waals surface area contributed by atoms with E-state index in [0.29, 0.717) is 15.6 Å². The van der Waals surface area contributed by atoms with E-state index in [0.717, 1.165) is 11.4 Å². The number of para-hydroxylation sites is 2. The van der Waals surface area contributed by atoms with E-state index in [-0.39, 0.29) is 21.7 Å². The summed E-state index contributed by atoms with van der Waals surface area (Å²) in [6, 6.07) is 21.9. The minimum absolute atomic E-state index is 0.123. The molecular formula is C22H14Cl2N2O2S. The molecule has 3 aromatic rings. The fourth-order valence-electron chi connectivity index (χ4n) is 2.79. The van der Waals surface area contributed by atoms with Crippen molar-refractivity contribution < 1.29 is 9.90 Å². The summed E-state index contributed by atoms with van der Waals surface area (Å²) in [5.74, 6) is -0.380. The van der Waals surface area contributed by atoms with E-state index >= 15 is 0 Å². The van der Waals surface area contributed by atoms with Crippen LogP contribution in [-0.2, 0) is 4.79 Å². The predicted molar refractivity (Wildman–Crippen MR) is 121 cm³/mol. The number of aliphatic imine (C=N–C) groups is 1. The standard InChI is InChI=1S/C22H14Cl2N2O2S/c23-17-11-14(12-18(24)20(17)27)13-19-21(28)26(16-9-5-2-6-10-16)22(29-19)25-15-7-3-1-4-8-15/h1-13,27H/b19-13+,25-22?. The Morgan fingerprint density at radius 2 is 1.52 bits per heavy atom. The molecule has 1 fully saturated rings. The number of hydrogen-bond acceptors (Lipinski definition) is 4. The molecule has 0 unspecified atom stereocenters. The van der Waals surface area contributed by atoms with E-state index in [1.807, 2.05) is 60.7 Å². The van der Waals surface area contributed by atoms with Gasteiger partial charge in [-0.15, -0.1) is 0 Å². The molecule has 1 heterocycles. The Labute approximate surface area is 182 Å². The fourth-order valence-corrected chi connectivity index (χ4v) is 4.29. The van der Waals surface area contributed by atoms with Crippen LogP contribution in [0.1, 0.15) is 5.56 Å². The molecule has 4 nitrogen and oxygen atoms in total. The van der Waals surface area contributed by atoms with E-state index in [2.05, 4.69) is 4.99 Å². The largest absolute Gasteiger partial charge is 0.505 e. The first-order chi connectivity index (χ1) is 14.0. The highest BCUT2D eigenvalue weighted by Crippen LogP contribution is 2.39. The van der Waals surface area contributed by atoms with Gasteiger partial charge in [-0.25, -0.2) is 4.99 Å². The smallest absolute Gasteiger partial charge is 0.271 e. The average molecular weight is 441 g/mol. The SMILES string of the molecule is O=C1/C(=C\c2cc(Cl)c(O)c(Cl)c2)SC(=Nc2ccccc2)N1c1ccccc1. The van der Waals surface area contributed by atoms with Crippen molar-refractivity contribution in [3.8, 4) is 5.75 Å². The van der Waals surface area contributed by atoms with Crippen molar-refractivity contribution in [1.29, 1.82) is 0 Å². The van der Waals surface area contributed by atoms with Crippen LogP contribution in [0.5, 0.6) is 5.75 Å². The van der Waals surface area contributed by atoms with Gasteiger partial charge in [-0.3, -0.25) is 9.69 Å². The third kappa shape index (κ3) is 4.17. The van der Waals surface area contributed by atoms with Gasteiger partial charge in [0.15, 0.2) is 10.9 Å². The van der Waals surface area contributed by atoms with Crippen LogP contribution in [0.15, 0.2) is 82.7 Å². The molecule has 1 saturated heterocycles. The molecule has 4 rings (SSSR count). The number of phenols is 1. The minimum Gasteiger partial charge on any atom is -0.505 e. The van der Waals surface area contributed by atoms with Crippen LogP contribution in [0.3, 0.4) is 0 Å². The number of carbonyl (C=O) groups is 1. The third-order valence-corrected chi connectivity index (χ3v) is 5.68. The van der Waals surface area contributed by atoms with Gasteiger partial charge < -0.3 is 5.11 Å². The van der Waals surface area contributed by atoms with Gasteiger partial charge in [-0.2, -0.15) is 0 Å². The first-order valence-electron chi connectivity index (χ1n) is 8.64. The monoisotopic (exact) mass is 440 g/mol. The lowest BCUT2D eigenvalue weighted by Gasteiger charge is -2.15. The lowest BCUT2D eigenvalue weighted by Crippen LogP contribution is -2.28. The molecule has 0 aliphatic carbocycles. The molecule has 3 aromatic carbocycles. The molecule has 0 saturated carbocycles. The van der Waals surface area contributed by atoms with Gasteiger partial charge >= 0.3 is 0 Å². The number of phenolic OH excluding ortho intramolecular Hbond substituents is 1. The average Bonchev–Trinajstić information content (AvgIpc) is 3.02. The lowest BCUT2D eigenvalue weighted by atomic mass is 10.2. The van der Waals surface area contributed by atoms with Crippen molar-refractivity contribution in [2.24, 2.45) is 4.99 Å². The van der Waals surface area contributed by atoms with Gasteiger partial charge in [0, 0.05) is 0 Å². The van der Waals surface area contributed by atoms with E-state index < -0.39 is 0 Å². The maximum Gasteiger partial charge on any atom is 0.271 e. The second-order valence-electron chi connectivity index (χ2n) is 6.15.